The second-order valence-electron chi connectivity index (χ2n) is 22.0. The Kier molecular flexibility index (Phi) is 30.3. The number of nitrogens with zero attached hydrogens (tertiary/aromatic N) is 6. The molecule has 0 fully saturated rings. The number of nitrogens with one attached hydrogen (secondary N) is 2. The number of hydrogen-bond donors (Lipinski definition) is 4. The van der Waals surface area contributed by atoms with E-state index < -0.39 is 58.6 Å². The number of halogens is 9. The zero-order chi connectivity index (χ0) is 70.2. The van der Waals surface area contributed by atoms with E-state index in [4.69, 9.17) is 23.1 Å². The lowest BCUT2D eigenvalue weighted by Gasteiger charge is -2.20. The standard InChI is InChI=1S/C29H26BrF3N4O2.C23H18ClF3N2O2.C6H9BrN2.C6H10N2.C6H10O2/c1-3-26-27(30)16(2)36-37(26)15-22(38)12-19(9-17-10-20(31)14-21(32)11-17)28-23(5-4-8-35-28)18-6-7-25(33)24(13-18)29(34)39;24-12-18(30)9-15(6-13-7-16(25)11-17(26)8-13)22-19(2-1-5-29-22)14-3-4-21(27)20(10-14)23(28)31;1-3-5-6(7)4(2)8-9-5;1-3-6-4-5(2)7-8-6;1-3-6(8)4-5(2)7/h4-8,10-11,13-14,19H,3,9,12,15H2,1-2H3,(H2,34,39);1-5,7-8,10-11,15H,6,9,12H2,(H2,28,31);3H2,1-2H3,(H,8,9);4H,3H2,1-2H3,(H,7,8);3-4H2,1-2H3/t19-;15-;;;/m11.../s1. The Morgan fingerprint density at radius 2 is 1.07 bits per heavy atom. The number of aryl methyl sites for hydroxylation is 5. The lowest BCUT2D eigenvalue weighted by molar-refractivity contribution is -0.126. The summed E-state index contributed by atoms with van der Waals surface area (Å²) in [7, 11) is 0. The van der Waals surface area contributed by atoms with Crippen LogP contribution in [0.2, 0.25) is 0 Å². The number of hydrogen-bond acceptors (Lipinski definition) is 11. The Balaban J connectivity index is 0.000000255. The SMILES string of the molecule is CCC(=O)CC(C)=O.CCc1c(Br)c(C)nn1CC(=O)C[C@@H](Cc1cc(F)cc(F)c1)c1ncccc1-c1ccc(F)c(C(N)=O)c1.CCc1cc(C)[nH]n1.CCc1n[nH]c(C)c1Br.NC(=O)c1cc(-c2cccnc2[C@@H](CC(=O)CCl)Cc2cc(F)cc(F)c2)ccc1F. The fourth-order valence-electron chi connectivity index (χ4n) is 9.96. The van der Waals surface area contributed by atoms with Crippen molar-refractivity contribution in [2.24, 2.45) is 11.5 Å². The summed E-state index contributed by atoms with van der Waals surface area (Å²) in [5.41, 5.74) is 19.8. The molecule has 0 aliphatic rings. The average Bonchev–Trinajstić information content (AvgIpc) is 1.77. The lowest BCUT2D eigenvalue weighted by atomic mass is 9.86. The molecule has 2 amide bonds. The molecule has 0 saturated heterocycles. The number of nitrogens with two attached hydrogens (primary N) is 2. The van der Waals surface area contributed by atoms with Crippen molar-refractivity contribution in [1.29, 1.82) is 0 Å². The molecule has 0 radical (unpaired) electrons. The van der Waals surface area contributed by atoms with Crippen LogP contribution < -0.4 is 11.5 Å². The van der Waals surface area contributed by atoms with Gasteiger partial charge in [0.15, 0.2) is 5.78 Å². The van der Waals surface area contributed by atoms with Crippen LogP contribution in [0, 0.1) is 55.7 Å². The molecule has 5 aromatic heterocycles. The van der Waals surface area contributed by atoms with Gasteiger partial charge < -0.3 is 11.5 Å². The Morgan fingerprint density at radius 3 is 1.42 bits per heavy atom. The average molecular weight is 1460 g/mol. The van der Waals surface area contributed by atoms with Crippen molar-refractivity contribution >= 4 is 78.4 Å². The molecule has 9 rings (SSSR count). The molecule has 0 unspecified atom stereocenters. The number of pyridine rings is 2. The molecule has 4 aromatic carbocycles. The summed E-state index contributed by atoms with van der Waals surface area (Å²) < 4.78 is 87.2. The molecule has 502 valence electrons. The number of rotatable bonds is 23. The van der Waals surface area contributed by atoms with Crippen LogP contribution in [0.15, 0.2) is 124 Å². The Labute approximate surface area is 568 Å². The van der Waals surface area contributed by atoms with Gasteiger partial charge in [-0.1, -0.05) is 52.0 Å². The third kappa shape index (κ3) is 23.3. The smallest absolute Gasteiger partial charge is 0.251 e. The molecule has 16 nitrogen and oxygen atoms in total. The van der Waals surface area contributed by atoms with Crippen molar-refractivity contribution in [3.8, 4) is 22.3 Å². The van der Waals surface area contributed by atoms with Crippen LogP contribution >= 0.6 is 43.5 Å². The highest BCUT2D eigenvalue weighted by molar-refractivity contribution is 9.10. The number of aromatic nitrogens is 8. The number of Topliss-reactive ketones (excluding diaryl/α,β-unsaturated/α-hetero) is 4. The maximum Gasteiger partial charge on any atom is 0.251 e. The lowest BCUT2D eigenvalue weighted by Crippen LogP contribution is -2.19. The second-order valence-corrected chi connectivity index (χ2v) is 23.8. The van der Waals surface area contributed by atoms with Crippen molar-refractivity contribution in [3.63, 3.8) is 0 Å². The van der Waals surface area contributed by atoms with Gasteiger partial charge in [0, 0.05) is 78.1 Å². The predicted octanol–water partition coefficient (Wildman–Crippen LogP) is 15.1. The monoisotopic (exact) mass is 1460 g/mol. The fraction of sp³-hybridized carbons (Fsp3) is 0.300. The molecule has 0 spiro atoms. The first-order valence-corrected chi connectivity index (χ1v) is 32.2. The first-order chi connectivity index (χ1) is 45.1. The molecular formula is C70H73Br2ClF6N10O6. The zero-order valence-corrected chi connectivity index (χ0v) is 57.5. The molecule has 0 bridgehead atoms. The highest BCUT2D eigenvalue weighted by Crippen LogP contribution is 2.36. The van der Waals surface area contributed by atoms with Crippen LogP contribution in [-0.2, 0) is 57.8 Å². The summed E-state index contributed by atoms with van der Waals surface area (Å²) in [6.07, 6.45) is 6.50. The second kappa shape index (κ2) is 37.4. The number of aromatic amines is 2. The van der Waals surface area contributed by atoms with Gasteiger partial charge in [-0.25, -0.2) is 26.3 Å². The van der Waals surface area contributed by atoms with E-state index >= 15 is 0 Å². The maximum absolute atomic E-state index is 14.2. The molecule has 0 saturated carbocycles. The first kappa shape index (κ1) is 77.0. The molecule has 6 N–H and O–H groups in total. The van der Waals surface area contributed by atoms with Crippen LogP contribution in [-0.4, -0.2) is 81.0 Å². The van der Waals surface area contributed by atoms with Gasteiger partial charge in [-0.15, -0.1) is 11.6 Å². The molecule has 9 aromatic rings. The van der Waals surface area contributed by atoms with Gasteiger partial charge in [-0.3, -0.25) is 53.6 Å². The van der Waals surface area contributed by atoms with Crippen LogP contribution in [0.1, 0.15) is 150 Å². The summed E-state index contributed by atoms with van der Waals surface area (Å²) in [4.78, 5) is 78.3. The number of carbonyl (C=O) groups is 6. The highest BCUT2D eigenvalue weighted by atomic mass is 79.9. The Bertz CT molecular complexity index is 4120. The van der Waals surface area contributed by atoms with E-state index in [2.05, 4.69) is 87.2 Å². The predicted molar refractivity (Wildman–Crippen MR) is 360 cm³/mol. The largest absolute Gasteiger partial charge is 0.366 e. The quantitative estimate of drug-likeness (QED) is 0.0266. The van der Waals surface area contributed by atoms with Gasteiger partial charge in [0.25, 0.3) is 11.8 Å². The van der Waals surface area contributed by atoms with E-state index in [0.717, 1.165) is 80.2 Å². The van der Waals surface area contributed by atoms with E-state index in [1.54, 1.807) is 42.1 Å². The normalized spacial score (nSPS) is 11.3. The zero-order valence-electron chi connectivity index (χ0n) is 53.6. The number of primary amides is 2. The van der Waals surface area contributed by atoms with Gasteiger partial charge >= 0.3 is 0 Å². The number of alkyl halides is 1. The minimum Gasteiger partial charge on any atom is -0.366 e. The summed E-state index contributed by atoms with van der Waals surface area (Å²) in [6.45, 7) is 15.2. The van der Waals surface area contributed by atoms with Crippen molar-refractivity contribution in [3.05, 3.63) is 227 Å². The van der Waals surface area contributed by atoms with Crippen LogP contribution in [0.5, 0.6) is 0 Å². The fourth-order valence-corrected chi connectivity index (χ4v) is 11.1. The highest BCUT2D eigenvalue weighted by Gasteiger charge is 2.26. The summed E-state index contributed by atoms with van der Waals surface area (Å²) >= 11 is 12.6. The number of H-pyrrole nitrogens is 2. The van der Waals surface area contributed by atoms with Crippen molar-refractivity contribution in [1.82, 2.24) is 40.1 Å². The van der Waals surface area contributed by atoms with E-state index in [1.165, 1.54) is 61.7 Å². The molecule has 95 heavy (non-hydrogen) atoms. The van der Waals surface area contributed by atoms with E-state index in [1.807, 2.05) is 27.7 Å². The van der Waals surface area contributed by atoms with E-state index in [-0.39, 0.29) is 78.8 Å². The maximum atomic E-state index is 14.2. The summed E-state index contributed by atoms with van der Waals surface area (Å²) in [5, 5.41) is 18.3. The van der Waals surface area contributed by atoms with Gasteiger partial charge in [0.2, 0.25) is 0 Å². The molecular weight excluding hydrogens is 1390 g/mol. The van der Waals surface area contributed by atoms with Gasteiger partial charge in [-0.05, 0) is 181 Å². The first-order valence-electron chi connectivity index (χ1n) is 30.1. The van der Waals surface area contributed by atoms with Crippen molar-refractivity contribution in [2.45, 2.75) is 132 Å². The van der Waals surface area contributed by atoms with Gasteiger partial charge in [-0.2, -0.15) is 15.3 Å². The van der Waals surface area contributed by atoms with Crippen molar-refractivity contribution in [2.75, 3.05) is 5.88 Å². The van der Waals surface area contributed by atoms with Crippen molar-refractivity contribution < 1.29 is 55.1 Å². The third-order valence-electron chi connectivity index (χ3n) is 14.5. The minimum absolute atomic E-state index is 0.00810. The van der Waals surface area contributed by atoms with Crippen LogP contribution in [0.3, 0.4) is 0 Å². The van der Waals surface area contributed by atoms with E-state index in [9.17, 15) is 55.1 Å². The van der Waals surface area contributed by atoms with Crippen LogP contribution in [0.4, 0.5) is 26.3 Å². The number of amides is 2. The van der Waals surface area contributed by atoms with Gasteiger partial charge in [0.05, 0.1) is 73.1 Å². The summed E-state index contributed by atoms with van der Waals surface area (Å²) in [5.74, 6) is -8.12. The third-order valence-corrected chi connectivity index (χ3v) is 16.9. The molecule has 2 atom stereocenters. The number of benzene rings is 4. The van der Waals surface area contributed by atoms with Crippen LogP contribution in [0.25, 0.3) is 22.3 Å². The van der Waals surface area contributed by atoms with E-state index in [0.29, 0.717) is 57.6 Å². The van der Waals surface area contributed by atoms with Gasteiger partial charge in [0.1, 0.15) is 52.3 Å². The minimum atomic E-state index is -0.922. The molecule has 0 aliphatic carbocycles. The summed E-state index contributed by atoms with van der Waals surface area (Å²) in [6, 6.07) is 23.0. The molecule has 25 heteroatoms. The Hall–Kier alpha value is -8.74. The Morgan fingerprint density at radius 1 is 0.589 bits per heavy atom. The molecule has 0 aliphatic heterocycles. The number of ketones is 4. The topological polar surface area (TPSA) is 255 Å². The number of carbonyl (C=O) groups excluding carboxylic acids is 6. The molecule has 5 heterocycles.